The number of pyridine rings is 1. The number of aromatic nitrogens is 3. The minimum Gasteiger partial charge on any atom is -0.483 e. The van der Waals surface area contributed by atoms with Crippen LogP contribution in [0.3, 0.4) is 0 Å². The van der Waals surface area contributed by atoms with Gasteiger partial charge in [0.25, 0.3) is 11.5 Å². The first kappa shape index (κ1) is 24.7. The summed E-state index contributed by atoms with van der Waals surface area (Å²) in [6.45, 7) is 8.04. The second-order valence-corrected chi connectivity index (χ2v) is 9.63. The van der Waals surface area contributed by atoms with Crippen molar-refractivity contribution in [2.24, 2.45) is 0 Å². The largest absolute Gasteiger partial charge is 0.573 e. The molecule has 5 rings (SSSR count). The molecule has 0 saturated heterocycles. The van der Waals surface area contributed by atoms with Crippen LogP contribution in [0.5, 0.6) is 11.5 Å². The minimum absolute atomic E-state index is 0.136. The van der Waals surface area contributed by atoms with E-state index < -0.39 is 12.0 Å². The lowest BCUT2D eigenvalue weighted by Crippen LogP contribution is -2.46. The van der Waals surface area contributed by atoms with Crippen LogP contribution in [0.15, 0.2) is 53.2 Å². The van der Waals surface area contributed by atoms with Crippen LogP contribution in [0.1, 0.15) is 42.5 Å². The molecule has 37 heavy (non-hydrogen) atoms. The number of amides is 1. The van der Waals surface area contributed by atoms with Crippen molar-refractivity contribution in [3.63, 3.8) is 0 Å². The summed E-state index contributed by atoms with van der Waals surface area (Å²) in [6.07, 6.45) is -1.56. The van der Waals surface area contributed by atoms with Gasteiger partial charge in [-0.3, -0.25) is 9.59 Å². The second kappa shape index (κ2) is 8.53. The number of nitrogens with zero attached hydrogens (tertiary/aromatic N) is 4. The van der Waals surface area contributed by atoms with Crippen LogP contribution >= 0.6 is 0 Å². The second-order valence-electron chi connectivity index (χ2n) is 9.63. The normalized spacial score (nSPS) is 16.8. The molecule has 0 radical (unpaired) electrons. The zero-order valence-corrected chi connectivity index (χ0v) is 20.7. The van der Waals surface area contributed by atoms with Gasteiger partial charge in [-0.1, -0.05) is 0 Å². The molecule has 2 aliphatic rings. The van der Waals surface area contributed by atoms with Crippen LogP contribution in [0.4, 0.5) is 13.2 Å². The topological polar surface area (TPSA) is 78.6 Å². The molecule has 0 bridgehead atoms. The van der Waals surface area contributed by atoms with E-state index in [2.05, 4.69) is 9.72 Å². The van der Waals surface area contributed by atoms with Crippen LogP contribution in [-0.2, 0) is 6.54 Å². The first-order valence-electron chi connectivity index (χ1n) is 11.7. The van der Waals surface area contributed by atoms with Crippen LogP contribution in [0.25, 0.3) is 11.3 Å². The maximum atomic E-state index is 13.4. The molecule has 1 aromatic carbocycles. The highest BCUT2D eigenvalue weighted by molar-refractivity contribution is 5.95. The van der Waals surface area contributed by atoms with Crippen molar-refractivity contribution in [1.82, 2.24) is 19.0 Å². The van der Waals surface area contributed by atoms with Gasteiger partial charge in [0.1, 0.15) is 28.5 Å². The molecule has 11 heteroatoms. The molecule has 0 atom stereocenters. The highest BCUT2D eigenvalue weighted by Gasteiger charge is 2.36. The van der Waals surface area contributed by atoms with Gasteiger partial charge in [-0.25, -0.2) is 4.98 Å². The molecule has 2 aromatic heterocycles. The van der Waals surface area contributed by atoms with E-state index in [4.69, 9.17) is 4.74 Å². The van der Waals surface area contributed by atoms with E-state index in [-0.39, 0.29) is 42.5 Å². The minimum atomic E-state index is -4.84. The molecule has 0 unspecified atom stereocenters. The molecule has 3 aromatic rings. The van der Waals surface area contributed by atoms with Crippen molar-refractivity contribution in [2.45, 2.75) is 46.2 Å². The van der Waals surface area contributed by atoms with E-state index in [1.54, 1.807) is 34.1 Å². The van der Waals surface area contributed by atoms with E-state index in [0.29, 0.717) is 22.6 Å². The Morgan fingerprint density at radius 3 is 2.54 bits per heavy atom. The van der Waals surface area contributed by atoms with E-state index in [9.17, 15) is 22.8 Å². The number of alkyl halides is 3. The van der Waals surface area contributed by atoms with Crippen molar-refractivity contribution < 1.29 is 27.4 Å². The number of ether oxygens (including phenoxy) is 2. The van der Waals surface area contributed by atoms with Crippen molar-refractivity contribution in [3.05, 3.63) is 75.7 Å². The Morgan fingerprint density at radius 2 is 1.86 bits per heavy atom. The number of carbonyl (C=O) groups is 1. The number of rotatable bonds is 4. The fourth-order valence-corrected chi connectivity index (χ4v) is 4.70. The average molecular weight is 515 g/mol. The Balaban J connectivity index is 1.49. The molecule has 194 valence electrons. The van der Waals surface area contributed by atoms with E-state index in [1.165, 1.54) is 22.8 Å². The van der Waals surface area contributed by atoms with Gasteiger partial charge in [0.05, 0.1) is 12.0 Å². The maximum Gasteiger partial charge on any atom is 0.573 e. The number of imidazole rings is 1. The molecular formula is C26H25F3N4O4. The monoisotopic (exact) mass is 514 g/mol. The van der Waals surface area contributed by atoms with Gasteiger partial charge >= 0.3 is 6.36 Å². The number of aryl methyl sites for hydroxylation is 1. The first-order chi connectivity index (χ1) is 17.3. The highest BCUT2D eigenvalue weighted by atomic mass is 19.4. The van der Waals surface area contributed by atoms with Gasteiger partial charge in [0.2, 0.25) is 0 Å². The fourth-order valence-electron chi connectivity index (χ4n) is 4.70. The van der Waals surface area contributed by atoms with Crippen LogP contribution < -0.4 is 15.0 Å². The predicted octanol–water partition coefficient (Wildman–Crippen LogP) is 4.34. The molecule has 0 aliphatic carbocycles. The summed E-state index contributed by atoms with van der Waals surface area (Å²) in [5.41, 5.74) is 2.25. The summed E-state index contributed by atoms with van der Waals surface area (Å²) < 4.78 is 51.8. The third kappa shape index (κ3) is 4.49. The van der Waals surface area contributed by atoms with Crippen molar-refractivity contribution in [3.8, 4) is 17.2 Å². The zero-order chi connectivity index (χ0) is 26.7. The molecule has 1 amide bonds. The standard InChI is InChI=1S/C26H25F3N4O4/c1-15-12-32(14-30-15)20-6-7-21-23(34)31(9-10-33(21)24(20)35)13-19-16(2)25(3,4)37-22-8-5-17(11-18(19)22)36-26(27,28)29/h5-8,11-12,14H,9-10,13H2,1-4H3. The van der Waals surface area contributed by atoms with Gasteiger partial charge in [0.15, 0.2) is 0 Å². The van der Waals surface area contributed by atoms with Crippen molar-refractivity contribution in [1.29, 1.82) is 0 Å². The predicted molar refractivity (Wildman–Crippen MR) is 129 cm³/mol. The van der Waals surface area contributed by atoms with E-state index in [0.717, 1.165) is 11.3 Å². The van der Waals surface area contributed by atoms with E-state index >= 15 is 0 Å². The Bertz CT molecular complexity index is 1500. The summed E-state index contributed by atoms with van der Waals surface area (Å²) in [5, 5.41) is 0. The summed E-state index contributed by atoms with van der Waals surface area (Å²) in [5.74, 6) is -0.309. The van der Waals surface area contributed by atoms with Crippen LogP contribution in [-0.4, -0.2) is 50.0 Å². The van der Waals surface area contributed by atoms with Gasteiger partial charge in [-0.05, 0) is 69.2 Å². The Morgan fingerprint density at radius 1 is 1.11 bits per heavy atom. The van der Waals surface area contributed by atoms with Gasteiger partial charge < -0.3 is 23.5 Å². The van der Waals surface area contributed by atoms with Crippen LogP contribution in [0, 0.1) is 6.92 Å². The van der Waals surface area contributed by atoms with Crippen LogP contribution in [0.2, 0.25) is 0 Å². The third-order valence-electron chi connectivity index (χ3n) is 6.82. The molecule has 0 spiro atoms. The number of hydrogen-bond acceptors (Lipinski definition) is 5. The van der Waals surface area contributed by atoms with E-state index in [1.807, 2.05) is 27.7 Å². The number of benzene rings is 1. The molecule has 8 nitrogen and oxygen atoms in total. The smallest absolute Gasteiger partial charge is 0.483 e. The molecule has 0 fully saturated rings. The molecule has 0 saturated carbocycles. The Hall–Kier alpha value is -4.02. The van der Waals surface area contributed by atoms with Crippen molar-refractivity contribution >= 4 is 11.5 Å². The lowest BCUT2D eigenvalue weighted by Gasteiger charge is -2.38. The molecule has 2 aliphatic heterocycles. The number of hydrogen-bond donors (Lipinski definition) is 0. The Labute approximate surface area is 210 Å². The molecule has 4 heterocycles. The average Bonchev–Trinajstić information content (AvgIpc) is 3.24. The fraction of sp³-hybridized carbons (Fsp3) is 0.346. The third-order valence-corrected chi connectivity index (χ3v) is 6.82. The summed E-state index contributed by atoms with van der Waals surface area (Å²) in [4.78, 5) is 32.3. The molecule has 0 N–H and O–H groups in total. The number of halogens is 3. The number of fused-ring (bicyclic) bond motifs is 2. The quantitative estimate of drug-likeness (QED) is 0.518. The van der Waals surface area contributed by atoms with Gasteiger partial charge in [0, 0.05) is 31.4 Å². The zero-order valence-electron chi connectivity index (χ0n) is 20.7. The molecular weight excluding hydrogens is 489 g/mol. The van der Waals surface area contributed by atoms with Crippen molar-refractivity contribution in [2.75, 3.05) is 13.1 Å². The Kier molecular flexibility index (Phi) is 5.69. The highest BCUT2D eigenvalue weighted by Crippen LogP contribution is 2.43. The summed E-state index contributed by atoms with van der Waals surface area (Å²) in [6, 6.07) is 7.13. The van der Waals surface area contributed by atoms with Gasteiger partial charge in [-0.15, -0.1) is 13.2 Å². The lowest BCUT2D eigenvalue weighted by molar-refractivity contribution is -0.274. The maximum absolute atomic E-state index is 13.4. The first-order valence-corrected chi connectivity index (χ1v) is 11.7. The SMILES string of the molecule is CC1=C(CN2CCn3c(ccc(-n4cnc(C)c4)c3=O)C2=O)c2cc(OC(F)(F)F)ccc2OC1(C)C. The van der Waals surface area contributed by atoms with Gasteiger partial charge in [-0.2, -0.15) is 0 Å². The summed E-state index contributed by atoms with van der Waals surface area (Å²) >= 11 is 0. The lowest BCUT2D eigenvalue weighted by atomic mass is 9.86. The number of carbonyl (C=O) groups excluding carboxylic acids is 1. The summed E-state index contributed by atoms with van der Waals surface area (Å²) in [7, 11) is 0.